The van der Waals surface area contributed by atoms with Crippen molar-refractivity contribution in [2.75, 3.05) is 7.11 Å². The van der Waals surface area contributed by atoms with Gasteiger partial charge in [-0.25, -0.2) is 0 Å². The summed E-state index contributed by atoms with van der Waals surface area (Å²) in [7, 11) is 1.64. The first-order valence-electron chi connectivity index (χ1n) is 5.12. The van der Waals surface area contributed by atoms with Gasteiger partial charge in [-0.15, -0.1) is 0 Å². The molecule has 0 aliphatic heterocycles. The summed E-state index contributed by atoms with van der Waals surface area (Å²) in [4.78, 5) is 10.7. The van der Waals surface area contributed by atoms with Crippen LogP contribution in [-0.2, 0) is 11.3 Å². The zero-order valence-corrected chi connectivity index (χ0v) is 9.14. The van der Waals surface area contributed by atoms with Gasteiger partial charge in [-0.2, -0.15) is 0 Å². The lowest BCUT2D eigenvalue weighted by Crippen LogP contribution is -2.13. The van der Waals surface area contributed by atoms with Gasteiger partial charge in [0.25, 0.3) is 0 Å². The summed E-state index contributed by atoms with van der Waals surface area (Å²) in [5.41, 5.74) is 6.21. The van der Waals surface area contributed by atoms with E-state index >= 15 is 0 Å². The Kier molecular flexibility index (Phi) is 2.81. The maximum absolute atomic E-state index is 10.7. The number of hydrogen-bond donors (Lipinski definition) is 1. The van der Waals surface area contributed by atoms with Crippen LogP contribution in [0.25, 0.3) is 10.9 Å². The standard InChI is InChI=1S/C12H14N2O2/c1-16-10-2-3-11-9(8-10)4-6-14(11)7-5-12(13)15/h2-4,6,8H,5,7H2,1H3,(H2,13,15). The zero-order chi connectivity index (χ0) is 11.5. The lowest BCUT2D eigenvalue weighted by atomic mass is 10.2. The number of rotatable bonds is 4. The predicted molar refractivity (Wildman–Crippen MR) is 62.3 cm³/mol. The number of fused-ring (bicyclic) bond motifs is 1. The molecule has 4 heteroatoms. The summed E-state index contributed by atoms with van der Waals surface area (Å²) in [6.45, 7) is 0.616. The van der Waals surface area contributed by atoms with Gasteiger partial charge in [0.15, 0.2) is 0 Å². The van der Waals surface area contributed by atoms with E-state index in [1.54, 1.807) is 7.11 Å². The van der Waals surface area contributed by atoms with Crippen LogP contribution in [0.1, 0.15) is 6.42 Å². The highest BCUT2D eigenvalue weighted by molar-refractivity contribution is 5.82. The fourth-order valence-electron chi connectivity index (χ4n) is 1.73. The Balaban J connectivity index is 2.30. The van der Waals surface area contributed by atoms with Gasteiger partial charge in [-0.05, 0) is 24.3 Å². The van der Waals surface area contributed by atoms with E-state index in [0.29, 0.717) is 13.0 Å². The first-order valence-corrected chi connectivity index (χ1v) is 5.12. The number of nitrogens with zero attached hydrogens (tertiary/aromatic N) is 1. The minimum absolute atomic E-state index is 0.282. The van der Waals surface area contributed by atoms with Gasteiger partial charge in [-0.1, -0.05) is 0 Å². The molecule has 16 heavy (non-hydrogen) atoms. The number of aromatic nitrogens is 1. The van der Waals surface area contributed by atoms with Gasteiger partial charge in [0.2, 0.25) is 5.91 Å². The molecule has 4 nitrogen and oxygen atoms in total. The highest BCUT2D eigenvalue weighted by Gasteiger charge is 2.03. The molecule has 2 N–H and O–H groups in total. The molecule has 84 valence electrons. The molecule has 0 fully saturated rings. The Morgan fingerprint density at radius 1 is 1.44 bits per heavy atom. The third kappa shape index (κ3) is 2.00. The normalized spacial score (nSPS) is 10.6. The van der Waals surface area contributed by atoms with Crippen molar-refractivity contribution in [2.45, 2.75) is 13.0 Å². The highest BCUT2D eigenvalue weighted by Crippen LogP contribution is 2.21. The molecule has 1 heterocycles. The van der Waals surface area contributed by atoms with E-state index in [-0.39, 0.29) is 5.91 Å². The summed E-state index contributed by atoms with van der Waals surface area (Å²) in [6.07, 6.45) is 2.31. The van der Waals surface area contributed by atoms with E-state index in [1.165, 1.54) is 0 Å². The van der Waals surface area contributed by atoms with Crippen molar-refractivity contribution < 1.29 is 9.53 Å². The number of amides is 1. The molecule has 0 spiro atoms. The molecular weight excluding hydrogens is 204 g/mol. The summed E-state index contributed by atoms with van der Waals surface area (Å²) < 4.78 is 7.16. The Morgan fingerprint density at radius 2 is 2.25 bits per heavy atom. The van der Waals surface area contributed by atoms with Crippen molar-refractivity contribution in [3.8, 4) is 5.75 Å². The van der Waals surface area contributed by atoms with E-state index in [4.69, 9.17) is 10.5 Å². The molecule has 0 aliphatic rings. The average molecular weight is 218 g/mol. The molecule has 1 aromatic carbocycles. The van der Waals surface area contributed by atoms with Crippen LogP contribution in [0.4, 0.5) is 0 Å². The maximum Gasteiger partial charge on any atom is 0.219 e. The topological polar surface area (TPSA) is 57.2 Å². The molecule has 0 saturated heterocycles. The SMILES string of the molecule is COc1ccc2c(ccn2CCC(N)=O)c1. The van der Waals surface area contributed by atoms with Crippen LogP contribution in [0.15, 0.2) is 30.5 Å². The third-order valence-corrected chi connectivity index (χ3v) is 2.58. The lowest BCUT2D eigenvalue weighted by molar-refractivity contribution is -0.118. The number of aryl methyl sites for hydroxylation is 1. The first-order chi connectivity index (χ1) is 7.70. The van der Waals surface area contributed by atoms with Crippen molar-refractivity contribution in [3.05, 3.63) is 30.5 Å². The molecule has 1 aromatic heterocycles. The Bertz CT molecular complexity index is 517. The van der Waals surface area contributed by atoms with Crippen molar-refractivity contribution in [1.82, 2.24) is 4.57 Å². The van der Waals surface area contributed by atoms with Crippen LogP contribution in [-0.4, -0.2) is 17.6 Å². The van der Waals surface area contributed by atoms with Gasteiger partial charge in [0.05, 0.1) is 7.11 Å². The average Bonchev–Trinajstić information content (AvgIpc) is 2.68. The monoisotopic (exact) mass is 218 g/mol. The van der Waals surface area contributed by atoms with Crippen molar-refractivity contribution in [1.29, 1.82) is 0 Å². The number of ether oxygens (including phenoxy) is 1. The van der Waals surface area contributed by atoms with Crippen LogP contribution in [0, 0.1) is 0 Å². The number of primary amides is 1. The van der Waals surface area contributed by atoms with Crippen molar-refractivity contribution in [3.63, 3.8) is 0 Å². The van der Waals surface area contributed by atoms with E-state index in [0.717, 1.165) is 16.7 Å². The number of carbonyl (C=O) groups is 1. The summed E-state index contributed by atoms with van der Waals surface area (Å²) in [5, 5.41) is 1.10. The predicted octanol–water partition coefficient (Wildman–Crippen LogP) is 1.53. The summed E-state index contributed by atoms with van der Waals surface area (Å²) >= 11 is 0. The Hall–Kier alpha value is -1.97. The second-order valence-corrected chi connectivity index (χ2v) is 3.65. The van der Waals surface area contributed by atoms with E-state index in [1.807, 2.05) is 35.0 Å². The number of benzene rings is 1. The molecule has 2 aromatic rings. The molecule has 0 radical (unpaired) electrons. The van der Waals surface area contributed by atoms with Crippen molar-refractivity contribution >= 4 is 16.8 Å². The smallest absolute Gasteiger partial charge is 0.219 e. The minimum Gasteiger partial charge on any atom is -0.497 e. The molecular formula is C12H14N2O2. The molecule has 1 amide bonds. The van der Waals surface area contributed by atoms with Gasteiger partial charge in [-0.3, -0.25) is 4.79 Å². The largest absolute Gasteiger partial charge is 0.497 e. The zero-order valence-electron chi connectivity index (χ0n) is 9.14. The molecule has 0 unspecified atom stereocenters. The van der Waals surface area contributed by atoms with Crippen LogP contribution in [0.5, 0.6) is 5.75 Å². The lowest BCUT2D eigenvalue weighted by Gasteiger charge is -2.04. The number of nitrogens with two attached hydrogens (primary N) is 1. The quantitative estimate of drug-likeness (QED) is 0.846. The second kappa shape index (κ2) is 4.26. The second-order valence-electron chi connectivity index (χ2n) is 3.65. The maximum atomic E-state index is 10.7. The van der Waals surface area contributed by atoms with Gasteiger partial charge in [0, 0.05) is 30.1 Å². The number of hydrogen-bond acceptors (Lipinski definition) is 2. The van der Waals surface area contributed by atoms with Gasteiger partial charge >= 0.3 is 0 Å². The highest BCUT2D eigenvalue weighted by atomic mass is 16.5. The fourth-order valence-corrected chi connectivity index (χ4v) is 1.73. The molecule has 2 rings (SSSR count). The minimum atomic E-state index is -0.282. The van der Waals surface area contributed by atoms with Gasteiger partial charge in [0.1, 0.15) is 5.75 Å². The Morgan fingerprint density at radius 3 is 2.94 bits per heavy atom. The van der Waals surface area contributed by atoms with Crippen LogP contribution < -0.4 is 10.5 Å². The molecule has 0 saturated carbocycles. The third-order valence-electron chi connectivity index (χ3n) is 2.58. The Labute approximate surface area is 93.6 Å². The number of methoxy groups -OCH3 is 1. The van der Waals surface area contributed by atoms with Gasteiger partial charge < -0.3 is 15.0 Å². The van der Waals surface area contributed by atoms with Crippen LogP contribution >= 0.6 is 0 Å². The van der Waals surface area contributed by atoms with E-state index in [9.17, 15) is 4.79 Å². The van der Waals surface area contributed by atoms with Crippen LogP contribution in [0.2, 0.25) is 0 Å². The van der Waals surface area contributed by atoms with E-state index in [2.05, 4.69) is 0 Å². The molecule has 0 bridgehead atoms. The van der Waals surface area contributed by atoms with Crippen LogP contribution in [0.3, 0.4) is 0 Å². The van der Waals surface area contributed by atoms with E-state index < -0.39 is 0 Å². The first kappa shape index (κ1) is 10.5. The molecule has 0 aliphatic carbocycles. The summed E-state index contributed by atoms with van der Waals surface area (Å²) in [6, 6.07) is 7.85. The number of carbonyl (C=O) groups excluding carboxylic acids is 1. The van der Waals surface area contributed by atoms with Crippen molar-refractivity contribution in [2.24, 2.45) is 5.73 Å². The summed E-state index contributed by atoms with van der Waals surface area (Å²) in [5.74, 6) is 0.551. The molecule has 0 atom stereocenters. The fraction of sp³-hybridized carbons (Fsp3) is 0.250.